The van der Waals surface area contributed by atoms with Crippen LogP contribution in [0, 0.1) is 0 Å². The third-order valence-corrected chi connectivity index (χ3v) is 4.34. The van der Waals surface area contributed by atoms with Crippen molar-refractivity contribution in [1.82, 2.24) is 0 Å². The van der Waals surface area contributed by atoms with E-state index >= 15 is 0 Å². The van der Waals surface area contributed by atoms with E-state index in [0.29, 0.717) is 5.30 Å². The summed E-state index contributed by atoms with van der Waals surface area (Å²) in [5.41, 5.74) is 0. The average molecular weight is 234 g/mol. The van der Waals surface area contributed by atoms with Gasteiger partial charge < -0.3 is 10.00 Å². The van der Waals surface area contributed by atoms with Gasteiger partial charge in [-0.1, -0.05) is 30.3 Å². The van der Waals surface area contributed by atoms with Gasteiger partial charge in [-0.05, 0) is 24.3 Å². The number of phenolic OH excluding ortho intramolecular Hbond substituents is 1. The minimum Gasteiger partial charge on any atom is -0.507 e. The Labute approximate surface area is 93.5 Å². The van der Waals surface area contributed by atoms with Crippen molar-refractivity contribution in [3.63, 3.8) is 0 Å². The van der Waals surface area contributed by atoms with Crippen LogP contribution in [0.25, 0.3) is 0 Å². The van der Waals surface area contributed by atoms with E-state index in [-0.39, 0.29) is 11.1 Å². The highest BCUT2D eigenvalue weighted by molar-refractivity contribution is 7.73. The Kier molecular flexibility index (Phi) is 2.82. The fraction of sp³-hybridized carbons (Fsp3) is 0. The molecule has 2 rings (SSSR count). The van der Waals surface area contributed by atoms with Crippen LogP contribution < -0.4 is 10.6 Å². The van der Waals surface area contributed by atoms with Gasteiger partial charge in [-0.25, -0.2) is 0 Å². The monoisotopic (exact) mass is 234 g/mol. The lowest BCUT2D eigenvalue weighted by Gasteiger charge is -2.12. The predicted octanol–water partition coefficient (Wildman–Crippen LogP) is 1.61. The van der Waals surface area contributed by atoms with Crippen molar-refractivity contribution in [2.45, 2.75) is 0 Å². The summed E-state index contributed by atoms with van der Waals surface area (Å²) in [7, 11) is -3.68. The van der Waals surface area contributed by atoms with Crippen molar-refractivity contribution in [3.8, 4) is 5.75 Å². The standard InChI is InChI=1S/C12H11O3P/c13-11-8-4-5-9-12(11)16(14,15)10-6-2-1-3-7-10/h1-9,13H,(H,14,15). The lowest BCUT2D eigenvalue weighted by molar-refractivity contribution is 0.472. The Hall–Kier alpha value is -1.57. The molecule has 16 heavy (non-hydrogen) atoms. The Morgan fingerprint density at radius 3 is 2.06 bits per heavy atom. The maximum Gasteiger partial charge on any atom is 0.262 e. The number of phenols is 1. The highest BCUT2D eigenvalue weighted by Gasteiger charge is 2.26. The molecule has 0 spiro atoms. The van der Waals surface area contributed by atoms with Gasteiger partial charge in [0, 0.05) is 5.30 Å². The molecule has 4 heteroatoms. The minimum atomic E-state index is -3.68. The first-order valence-electron chi connectivity index (χ1n) is 4.79. The number of benzene rings is 2. The van der Waals surface area contributed by atoms with E-state index in [1.807, 2.05) is 0 Å². The highest BCUT2D eigenvalue weighted by atomic mass is 31.2. The molecule has 0 fully saturated rings. The third kappa shape index (κ3) is 1.87. The molecule has 0 aromatic heterocycles. The first-order chi connectivity index (χ1) is 7.62. The smallest absolute Gasteiger partial charge is 0.262 e. The molecule has 0 bridgehead atoms. The van der Waals surface area contributed by atoms with Gasteiger partial charge in [0.15, 0.2) is 0 Å². The maximum atomic E-state index is 12.2. The molecule has 0 amide bonds. The van der Waals surface area contributed by atoms with Gasteiger partial charge in [0.1, 0.15) is 5.75 Å². The third-order valence-electron chi connectivity index (χ3n) is 2.31. The molecule has 0 saturated heterocycles. The Bertz CT molecular complexity index is 537. The van der Waals surface area contributed by atoms with Crippen LogP contribution in [-0.4, -0.2) is 10.00 Å². The zero-order valence-electron chi connectivity index (χ0n) is 8.45. The van der Waals surface area contributed by atoms with Gasteiger partial charge in [-0.15, -0.1) is 0 Å². The van der Waals surface area contributed by atoms with Gasteiger partial charge in [-0.3, -0.25) is 4.57 Å². The summed E-state index contributed by atoms with van der Waals surface area (Å²) < 4.78 is 12.2. The number of rotatable bonds is 2. The predicted molar refractivity (Wildman–Crippen MR) is 63.6 cm³/mol. The van der Waals surface area contributed by atoms with Crippen LogP contribution in [0.5, 0.6) is 5.75 Å². The Morgan fingerprint density at radius 1 is 0.875 bits per heavy atom. The molecule has 2 N–H and O–H groups in total. The Morgan fingerprint density at radius 2 is 1.44 bits per heavy atom. The molecule has 2 aromatic rings. The van der Waals surface area contributed by atoms with Crippen molar-refractivity contribution in [3.05, 3.63) is 54.6 Å². The van der Waals surface area contributed by atoms with E-state index in [1.165, 1.54) is 12.1 Å². The number of aromatic hydroxyl groups is 1. The normalized spacial score (nSPS) is 14.3. The number of hydrogen-bond acceptors (Lipinski definition) is 2. The van der Waals surface area contributed by atoms with Gasteiger partial charge >= 0.3 is 0 Å². The first-order valence-corrected chi connectivity index (χ1v) is 6.45. The van der Waals surface area contributed by atoms with Crippen molar-refractivity contribution in [2.75, 3.05) is 0 Å². The van der Waals surface area contributed by atoms with Crippen LogP contribution in [-0.2, 0) is 4.57 Å². The largest absolute Gasteiger partial charge is 0.507 e. The summed E-state index contributed by atoms with van der Waals surface area (Å²) in [5, 5.41) is 9.96. The molecule has 1 unspecified atom stereocenters. The van der Waals surface area contributed by atoms with Crippen LogP contribution in [0.3, 0.4) is 0 Å². The number of para-hydroxylation sites is 1. The van der Waals surface area contributed by atoms with Crippen LogP contribution in [0.1, 0.15) is 0 Å². The summed E-state index contributed by atoms with van der Waals surface area (Å²) in [5.74, 6) is -0.155. The Balaban J connectivity index is 2.56. The summed E-state index contributed by atoms with van der Waals surface area (Å²) in [6.45, 7) is 0. The molecular formula is C12H11O3P. The maximum absolute atomic E-state index is 12.2. The lowest BCUT2D eigenvalue weighted by atomic mass is 10.3. The molecule has 3 nitrogen and oxygen atoms in total. The molecule has 0 saturated carbocycles. The van der Waals surface area contributed by atoms with Gasteiger partial charge in [0.05, 0.1) is 5.30 Å². The van der Waals surface area contributed by atoms with Gasteiger partial charge in [0.2, 0.25) is 0 Å². The van der Waals surface area contributed by atoms with Gasteiger partial charge in [0.25, 0.3) is 7.37 Å². The van der Waals surface area contributed by atoms with Crippen molar-refractivity contribution in [2.24, 2.45) is 0 Å². The van der Waals surface area contributed by atoms with Crippen molar-refractivity contribution in [1.29, 1.82) is 0 Å². The van der Waals surface area contributed by atoms with E-state index in [4.69, 9.17) is 0 Å². The van der Waals surface area contributed by atoms with E-state index < -0.39 is 7.37 Å². The van der Waals surface area contributed by atoms with Crippen LogP contribution in [0.15, 0.2) is 54.6 Å². The minimum absolute atomic E-state index is 0.0706. The zero-order valence-corrected chi connectivity index (χ0v) is 9.34. The summed E-state index contributed by atoms with van der Waals surface area (Å²) in [6.07, 6.45) is 0. The second-order valence-corrected chi connectivity index (χ2v) is 5.55. The molecule has 0 radical (unpaired) electrons. The molecule has 2 aromatic carbocycles. The van der Waals surface area contributed by atoms with E-state index in [2.05, 4.69) is 0 Å². The second kappa shape index (κ2) is 4.12. The fourth-order valence-electron chi connectivity index (χ4n) is 1.49. The molecular weight excluding hydrogens is 223 g/mol. The molecule has 0 aliphatic rings. The summed E-state index contributed by atoms with van der Waals surface area (Å²) in [4.78, 5) is 10.0. The zero-order chi connectivity index (χ0) is 11.6. The topological polar surface area (TPSA) is 57.5 Å². The highest BCUT2D eigenvalue weighted by Crippen LogP contribution is 2.40. The first kappa shape index (κ1) is 10.9. The van der Waals surface area contributed by atoms with E-state index in [9.17, 15) is 14.6 Å². The second-order valence-electron chi connectivity index (χ2n) is 3.40. The fourth-order valence-corrected chi connectivity index (χ4v) is 3.02. The van der Waals surface area contributed by atoms with E-state index in [1.54, 1.807) is 42.5 Å². The lowest BCUT2D eigenvalue weighted by Crippen LogP contribution is -2.15. The molecule has 0 aliphatic carbocycles. The van der Waals surface area contributed by atoms with Crippen molar-refractivity contribution < 1.29 is 14.6 Å². The number of hydrogen-bond donors (Lipinski definition) is 2. The van der Waals surface area contributed by atoms with Crippen LogP contribution >= 0.6 is 7.37 Å². The molecule has 0 aliphatic heterocycles. The van der Waals surface area contributed by atoms with Gasteiger partial charge in [-0.2, -0.15) is 0 Å². The molecule has 1 atom stereocenters. The summed E-state index contributed by atoms with van der Waals surface area (Å²) >= 11 is 0. The van der Waals surface area contributed by atoms with E-state index in [0.717, 1.165) is 0 Å². The van der Waals surface area contributed by atoms with Crippen molar-refractivity contribution >= 4 is 18.0 Å². The SMILES string of the molecule is O=P(O)(c1ccccc1)c1ccccc1O. The van der Waals surface area contributed by atoms with Crippen LogP contribution in [0.4, 0.5) is 0 Å². The molecule has 82 valence electrons. The quantitative estimate of drug-likeness (QED) is 0.776. The molecule has 0 heterocycles. The average Bonchev–Trinajstić information content (AvgIpc) is 2.30. The summed E-state index contributed by atoms with van der Waals surface area (Å²) in [6, 6.07) is 14.4. The van der Waals surface area contributed by atoms with Crippen LogP contribution in [0.2, 0.25) is 0 Å².